The van der Waals surface area contributed by atoms with Gasteiger partial charge in [0.2, 0.25) is 0 Å². The summed E-state index contributed by atoms with van der Waals surface area (Å²) in [7, 11) is -6.81. The number of esters is 1. The molecule has 0 saturated heterocycles. The van der Waals surface area contributed by atoms with Gasteiger partial charge in [0.25, 0.3) is 0 Å². The SMILES string of the molecule is CCCC[C@H](C)C[C@@H](/C=C/[C@@H]1[C@@H](C(C#CCC2CC2C(=O)OC)O[Si](C)(C)C)[C@@H](O[Si](CC)(CC)CC)C[C@H]1O[Si](C)(C)C(C)(C)C)O[Si](C)(C)C(C)(C)C. The minimum Gasteiger partial charge on any atom is -0.469 e. The Morgan fingerprint density at radius 1 is 0.818 bits per heavy atom. The van der Waals surface area contributed by atoms with Crippen molar-refractivity contribution in [1.82, 2.24) is 0 Å². The van der Waals surface area contributed by atoms with Crippen LogP contribution in [0.2, 0.25) is 74.0 Å². The molecule has 2 fully saturated rings. The van der Waals surface area contributed by atoms with Gasteiger partial charge >= 0.3 is 5.97 Å². The lowest BCUT2D eigenvalue weighted by molar-refractivity contribution is -0.142. The van der Waals surface area contributed by atoms with E-state index in [0.717, 1.165) is 37.4 Å². The fourth-order valence-corrected chi connectivity index (χ4v) is 14.2. The summed E-state index contributed by atoms with van der Waals surface area (Å²) < 4.78 is 34.6. The van der Waals surface area contributed by atoms with Crippen LogP contribution in [0.15, 0.2) is 12.2 Å². The average Bonchev–Trinajstić information content (AvgIpc) is 3.76. The maximum Gasteiger partial charge on any atom is 0.308 e. The Morgan fingerprint density at radius 2 is 1.40 bits per heavy atom. The molecule has 0 N–H and O–H groups in total. The van der Waals surface area contributed by atoms with Gasteiger partial charge in [-0.1, -0.05) is 113 Å². The van der Waals surface area contributed by atoms with Crippen molar-refractivity contribution < 1.29 is 27.2 Å². The lowest BCUT2D eigenvalue weighted by Crippen LogP contribution is -2.47. The first-order valence-electron chi connectivity index (χ1n) is 22.2. The van der Waals surface area contributed by atoms with Crippen LogP contribution in [0.1, 0.15) is 121 Å². The molecular weight excluding hydrogens is 749 g/mol. The molecule has 55 heavy (non-hydrogen) atoms. The second-order valence-electron chi connectivity index (χ2n) is 21.3. The van der Waals surface area contributed by atoms with Gasteiger partial charge in [0.1, 0.15) is 6.10 Å². The van der Waals surface area contributed by atoms with Crippen LogP contribution in [0.4, 0.5) is 0 Å². The second-order valence-corrected chi connectivity index (χ2v) is 40.0. The highest BCUT2D eigenvalue weighted by Gasteiger charge is 2.53. The van der Waals surface area contributed by atoms with Gasteiger partial charge in [0.05, 0.1) is 31.3 Å². The Kier molecular flexibility index (Phi) is 19.0. The minimum atomic E-state index is -2.17. The molecule has 6 nitrogen and oxygen atoms in total. The molecule has 0 aromatic heterocycles. The van der Waals surface area contributed by atoms with Crippen molar-refractivity contribution in [3.63, 3.8) is 0 Å². The fourth-order valence-electron chi connectivity index (χ4n) is 7.65. The van der Waals surface area contributed by atoms with Crippen LogP contribution in [0.25, 0.3) is 0 Å². The smallest absolute Gasteiger partial charge is 0.308 e. The molecule has 10 heteroatoms. The van der Waals surface area contributed by atoms with Crippen LogP contribution >= 0.6 is 0 Å². The summed E-state index contributed by atoms with van der Waals surface area (Å²) in [6.07, 6.45) is 11.7. The molecule has 2 saturated carbocycles. The van der Waals surface area contributed by atoms with Crippen molar-refractivity contribution >= 4 is 39.2 Å². The number of hydrogen-bond donors (Lipinski definition) is 0. The molecule has 3 unspecified atom stereocenters. The van der Waals surface area contributed by atoms with Crippen molar-refractivity contribution in [2.24, 2.45) is 29.6 Å². The first kappa shape index (κ1) is 50.6. The van der Waals surface area contributed by atoms with Gasteiger partial charge in [0, 0.05) is 18.3 Å². The Hall–Kier alpha value is -0.522. The van der Waals surface area contributed by atoms with Crippen LogP contribution < -0.4 is 0 Å². The molecule has 2 aliphatic rings. The molecule has 0 spiro atoms. The van der Waals surface area contributed by atoms with Gasteiger partial charge in [0.15, 0.2) is 33.3 Å². The largest absolute Gasteiger partial charge is 0.469 e. The lowest BCUT2D eigenvalue weighted by Gasteiger charge is -2.41. The summed E-state index contributed by atoms with van der Waals surface area (Å²) in [6.45, 7) is 42.1. The second kappa shape index (κ2) is 20.6. The first-order valence-corrected chi connectivity index (χ1v) is 33.9. The average molecular weight is 838 g/mol. The minimum absolute atomic E-state index is 0.00267. The van der Waals surface area contributed by atoms with E-state index in [0.29, 0.717) is 12.3 Å². The van der Waals surface area contributed by atoms with E-state index in [1.807, 2.05) is 0 Å². The highest BCUT2D eigenvalue weighted by Crippen LogP contribution is 2.48. The fraction of sp³-hybridized carbons (Fsp3) is 0.889. The number of hydrogen-bond acceptors (Lipinski definition) is 6. The summed E-state index contributed by atoms with van der Waals surface area (Å²) in [5.41, 5.74) is 0. The summed E-state index contributed by atoms with van der Waals surface area (Å²) in [5, 5.41) is 0.185. The third-order valence-corrected chi connectivity index (χ3v) is 28.3. The van der Waals surface area contributed by atoms with Gasteiger partial charge in [-0.15, -0.1) is 5.92 Å². The maximum atomic E-state index is 12.3. The number of carbonyl (C=O) groups is 1. The van der Waals surface area contributed by atoms with Crippen molar-refractivity contribution in [1.29, 1.82) is 0 Å². The molecular formula is C45H88O6Si4. The van der Waals surface area contributed by atoms with Crippen molar-refractivity contribution in [3.8, 4) is 11.8 Å². The van der Waals surface area contributed by atoms with Crippen LogP contribution in [0.5, 0.6) is 0 Å². The number of carbonyl (C=O) groups excluding carboxylic acids is 1. The Labute approximate surface area is 345 Å². The van der Waals surface area contributed by atoms with Gasteiger partial charge in [-0.2, -0.15) is 0 Å². The Morgan fingerprint density at radius 3 is 1.89 bits per heavy atom. The van der Waals surface area contributed by atoms with Crippen LogP contribution in [-0.4, -0.2) is 70.8 Å². The van der Waals surface area contributed by atoms with Crippen molar-refractivity contribution in [2.75, 3.05) is 7.11 Å². The normalized spacial score (nSPS) is 25.7. The Balaban J connectivity index is 2.82. The van der Waals surface area contributed by atoms with E-state index in [-0.39, 0.29) is 64.1 Å². The zero-order valence-corrected chi connectivity index (χ0v) is 43.4. The molecule has 320 valence electrons. The highest BCUT2D eigenvalue weighted by atomic mass is 28.4. The Bertz CT molecular complexity index is 1270. The van der Waals surface area contributed by atoms with Crippen LogP contribution in [0.3, 0.4) is 0 Å². The van der Waals surface area contributed by atoms with Crippen LogP contribution in [0, 0.1) is 41.4 Å². The molecule has 0 aromatic rings. The third-order valence-electron chi connectivity index (χ3n) is 13.7. The van der Waals surface area contributed by atoms with E-state index in [9.17, 15) is 4.79 Å². The zero-order chi connectivity index (χ0) is 42.2. The van der Waals surface area contributed by atoms with E-state index in [1.165, 1.54) is 26.4 Å². The van der Waals surface area contributed by atoms with Gasteiger partial charge in [-0.25, -0.2) is 0 Å². The molecule has 0 aromatic carbocycles. The molecule has 0 amide bonds. The number of unbranched alkanes of at least 4 members (excludes halogenated alkanes) is 1. The molecule has 2 rings (SSSR count). The zero-order valence-electron chi connectivity index (χ0n) is 39.4. The number of rotatable bonds is 21. The molecule has 9 atom stereocenters. The standard InChI is InChI=1S/C45H88O6Si4/c1-20-24-26-34(5)31-36(48-53(16,17)44(6,7)8)29-30-37-40(50-54(18,19)45(9,10)11)33-41(51-55(21-2,22-3)23-4)42(37)39(49-52(13,14)15)28-25-27-35-32-38(35)43(46)47-12/h29-30,34-42H,20-24,26-27,31-33H2,1-19H3/b30-29+/t34-,35?,36+,37-,38?,39?,40+,41-,42-/m0/s1. The summed E-state index contributed by atoms with van der Waals surface area (Å²) in [4.78, 5) is 12.3. The molecule has 2 aliphatic carbocycles. The predicted molar refractivity (Wildman–Crippen MR) is 244 cm³/mol. The van der Waals surface area contributed by atoms with Crippen LogP contribution in [-0.2, 0) is 27.2 Å². The molecule has 0 bridgehead atoms. The topological polar surface area (TPSA) is 63.2 Å². The van der Waals surface area contributed by atoms with E-state index < -0.39 is 33.3 Å². The van der Waals surface area contributed by atoms with Crippen molar-refractivity contribution in [3.05, 3.63) is 12.2 Å². The highest BCUT2D eigenvalue weighted by molar-refractivity contribution is 6.75. The number of ether oxygens (including phenoxy) is 1. The molecule has 0 heterocycles. The third kappa shape index (κ3) is 14.9. The van der Waals surface area contributed by atoms with Crippen molar-refractivity contribution in [2.45, 2.75) is 220 Å². The summed E-state index contributed by atoms with van der Waals surface area (Å²) in [5.74, 6) is 8.07. The summed E-state index contributed by atoms with van der Waals surface area (Å²) >= 11 is 0. The molecule has 0 aliphatic heterocycles. The number of methoxy groups -OCH3 is 1. The maximum absolute atomic E-state index is 12.3. The summed E-state index contributed by atoms with van der Waals surface area (Å²) in [6, 6.07) is 3.28. The predicted octanol–water partition coefficient (Wildman–Crippen LogP) is 13.0. The van der Waals surface area contributed by atoms with E-state index in [4.69, 9.17) is 22.4 Å². The van der Waals surface area contributed by atoms with E-state index in [2.05, 4.69) is 146 Å². The van der Waals surface area contributed by atoms with Gasteiger partial charge in [-0.05, 0) is 105 Å². The first-order chi connectivity index (χ1) is 25.2. The van der Waals surface area contributed by atoms with Gasteiger partial charge < -0.3 is 22.4 Å². The van der Waals surface area contributed by atoms with E-state index in [1.54, 1.807) is 0 Å². The molecule has 0 radical (unpaired) electrons. The monoisotopic (exact) mass is 837 g/mol. The van der Waals surface area contributed by atoms with Gasteiger partial charge in [-0.3, -0.25) is 4.79 Å². The lowest BCUT2D eigenvalue weighted by atomic mass is 9.87. The quantitative estimate of drug-likeness (QED) is 0.0497. The van der Waals surface area contributed by atoms with E-state index >= 15 is 0 Å².